The number of rotatable bonds is 4. The summed E-state index contributed by atoms with van der Waals surface area (Å²) in [7, 11) is 0. The molecule has 0 spiro atoms. The second-order valence-corrected chi connectivity index (χ2v) is 4.20. The van der Waals surface area contributed by atoms with Gasteiger partial charge in [0.1, 0.15) is 0 Å². The largest absolute Gasteiger partial charge is 0.481 e. The Morgan fingerprint density at radius 3 is 2.44 bits per heavy atom. The van der Waals surface area contributed by atoms with Crippen LogP contribution in [0.1, 0.15) is 33.6 Å². The lowest BCUT2D eigenvalue weighted by Crippen LogP contribution is -2.36. The Bertz CT molecular complexity index is 359. The van der Waals surface area contributed by atoms with Crippen LogP contribution in [-0.2, 0) is 9.59 Å². The SMILES string of the molecule is CCC(CC)(C(=O)O)C1=CC=CC(=O)C1C. The highest BCUT2D eigenvalue weighted by molar-refractivity contribution is 5.96. The second-order valence-electron chi connectivity index (χ2n) is 4.20. The number of carbonyl (C=O) groups excluding carboxylic acids is 1. The van der Waals surface area contributed by atoms with E-state index in [1.165, 1.54) is 6.08 Å². The summed E-state index contributed by atoms with van der Waals surface area (Å²) in [5.41, 5.74) is -0.155. The minimum absolute atomic E-state index is 0.00924. The van der Waals surface area contributed by atoms with Gasteiger partial charge in [-0.1, -0.05) is 32.9 Å². The van der Waals surface area contributed by atoms with Gasteiger partial charge in [-0.25, -0.2) is 0 Å². The lowest BCUT2D eigenvalue weighted by Gasteiger charge is -2.33. The minimum atomic E-state index is -0.889. The standard InChI is InChI=1S/C13H18O3/c1-4-13(5-2,12(15)16)10-7-6-8-11(14)9(10)3/h6-9H,4-5H2,1-3H3,(H,15,16). The zero-order chi connectivity index (χ0) is 12.3. The third kappa shape index (κ3) is 1.82. The van der Waals surface area contributed by atoms with Crippen molar-refractivity contribution in [2.24, 2.45) is 11.3 Å². The molecule has 1 aliphatic carbocycles. The molecule has 0 bridgehead atoms. The van der Waals surface area contributed by atoms with Gasteiger partial charge in [-0.2, -0.15) is 0 Å². The van der Waals surface area contributed by atoms with E-state index >= 15 is 0 Å². The number of carboxylic acids is 1. The molecule has 1 rings (SSSR count). The van der Waals surface area contributed by atoms with Crippen LogP contribution in [-0.4, -0.2) is 16.9 Å². The first-order valence-corrected chi connectivity index (χ1v) is 5.65. The first kappa shape index (κ1) is 12.7. The molecule has 0 saturated heterocycles. The molecule has 0 amide bonds. The van der Waals surface area contributed by atoms with Crippen LogP contribution >= 0.6 is 0 Å². The van der Waals surface area contributed by atoms with Crippen LogP contribution in [0.25, 0.3) is 0 Å². The van der Waals surface area contributed by atoms with E-state index in [9.17, 15) is 14.7 Å². The Morgan fingerprint density at radius 2 is 2.00 bits per heavy atom. The van der Waals surface area contributed by atoms with Crippen molar-refractivity contribution in [3.05, 3.63) is 23.8 Å². The van der Waals surface area contributed by atoms with Crippen molar-refractivity contribution < 1.29 is 14.7 Å². The van der Waals surface area contributed by atoms with Crippen LogP contribution in [0.5, 0.6) is 0 Å². The smallest absolute Gasteiger partial charge is 0.313 e. The molecule has 3 nitrogen and oxygen atoms in total. The molecule has 88 valence electrons. The lowest BCUT2D eigenvalue weighted by atomic mass is 9.68. The molecule has 0 fully saturated rings. The highest BCUT2D eigenvalue weighted by atomic mass is 16.4. The minimum Gasteiger partial charge on any atom is -0.481 e. The molecule has 0 radical (unpaired) electrons. The van der Waals surface area contributed by atoms with Crippen molar-refractivity contribution in [2.45, 2.75) is 33.6 Å². The van der Waals surface area contributed by atoms with E-state index in [1.54, 1.807) is 19.1 Å². The van der Waals surface area contributed by atoms with Gasteiger partial charge in [-0.05, 0) is 24.5 Å². The molecular weight excluding hydrogens is 204 g/mol. The normalized spacial score (nSPS) is 20.8. The van der Waals surface area contributed by atoms with Gasteiger partial charge in [0, 0.05) is 5.92 Å². The molecule has 0 heterocycles. The first-order valence-electron chi connectivity index (χ1n) is 5.65. The Labute approximate surface area is 95.9 Å². The van der Waals surface area contributed by atoms with Crippen LogP contribution < -0.4 is 0 Å². The summed E-state index contributed by atoms with van der Waals surface area (Å²) < 4.78 is 0. The molecule has 0 aromatic rings. The summed E-state index contributed by atoms with van der Waals surface area (Å²) in [4.78, 5) is 23.0. The second kappa shape index (κ2) is 4.64. The van der Waals surface area contributed by atoms with Gasteiger partial charge >= 0.3 is 5.97 Å². The monoisotopic (exact) mass is 222 g/mol. The Hall–Kier alpha value is -1.38. The average molecular weight is 222 g/mol. The number of hydrogen-bond donors (Lipinski definition) is 1. The van der Waals surface area contributed by atoms with Crippen molar-refractivity contribution in [1.82, 2.24) is 0 Å². The summed E-state index contributed by atoms with van der Waals surface area (Å²) in [6.07, 6.45) is 5.96. The van der Waals surface area contributed by atoms with E-state index in [0.29, 0.717) is 12.8 Å². The van der Waals surface area contributed by atoms with E-state index in [0.717, 1.165) is 5.57 Å². The molecule has 0 aliphatic heterocycles. The van der Waals surface area contributed by atoms with Crippen LogP contribution in [0, 0.1) is 11.3 Å². The third-order valence-electron chi connectivity index (χ3n) is 3.60. The maximum atomic E-state index is 11.6. The zero-order valence-corrected chi connectivity index (χ0v) is 9.99. The highest BCUT2D eigenvalue weighted by Gasteiger charge is 2.42. The number of hydrogen-bond acceptors (Lipinski definition) is 2. The fourth-order valence-electron chi connectivity index (χ4n) is 2.35. The van der Waals surface area contributed by atoms with Crippen LogP contribution in [0.4, 0.5) is 0 Å². The zero-order valence-electron chi connectivity index (χ0n) is 9.99. The third-order valence-corrected chi connectivity index (χ3v) is 3.60. The molecule has 3 heteroatoms. The van der Waals surface area contributed by atoms with E-state index in [4.69, 9.17) is 0 Å². The highest BCUT2D eigenvalue weighted by Crippen LogP contribution is 2.41. The number of carbonyl (C=O) groups is 2. The molecule has 16 heavy (non-hydrogen) atoms. The number of aliphatic carboxylic acids is 1. The van der Waals surface area contributed by atoms with E-state index in [2.05, 4.69) is 0 Å². The van der Waals surface area contributed by atoms with E-state index in [1.807, 2.05) is 13.8 Å². The number of allylic oxidation sites excluding steroid dienone is 3. The molecule has 0 saturated carbocycles. The molecule has 1 atom stereocenters. The maximum absolute atomic E-state index is 11.6. The summed E-state index contributed by atoms with van der Waals surface area (Å²) >= 11 is 0. The number of ketones is 1. The maximum Gasteiger partial charge on any atom is 0.313 e. The molecule has 1 N–H and O–H groups in total. The van der Waals surface area contributed by atoms with Gasteiger partial charge in [0.2, 0.25) is 0 Å². The van der Waals surface area contributed by atoms with Crippen molar-refractivity contribution in [3.63, 3.8) is 0 Å². The van der Waals surface area contributed by atoms with Crippen molar-refractivity contribution in [2.75, 3.05) is 0 Å². The Balaban J connectivity index is 3.23. The fourth-order valence-corrected chi connectivity index (χ4v) is 2.35. The average Bonchev–Trinajstić information content (AvgIpc) is 2.26. The van der Waals surface area contributed by atoms with Gasteiger partial charge < -0.3 is 5.11 Å². The van der Waals surface area contributed by atoms with Crippen molar-refractivity contribution in [1.29, 1.82) is 0 Å². The summed E-state index contributed by atoms with van der Waals surface area (Å²) in [5, 5.41) is 9.40. The fraction of sp³-hybridized carbons (Fsp3) is 0.538. The topological polar surface area (TPSA) is 54.4 Å². The molecule has 1 unspecified atom stereocenters. The van der Waals surface area contributed by atoms with Gasteiger partial charge in [0.05, 0.1) is 5.41 Å². The molecule has 0 aromatic carbocycles. The van der Waals surface area contributed by atoms with Gasteiger partial charge in [0.15, 0.2) is 5.78 Å². The van der Waals surface area contributed by atoms with Gasteiger partial charge in [0.25, 0.3) is 0 Å². The summed E-state index contributed by atoms with van der Waals surface area (Å²) in [6, 6.07) is 0. The summed E-state index contributed by atoms with van der Waals surface area (Å²) in [6.45, 7) is 5.49. The van der Waals surface area contributed by atoms with E-state index < -0.39 is 11.4 Å². The van der Waals surface area contributed by atoms with Crippen LogP contribution in [0.3, 0.4) is 0 Å². The predicted octanol–water partition coefficient (Wildman–Crippen LogP) is 2.58. The number of carboxylic acid groups (broad SMARTS) is 1. The quantitative estimate of drug-likeness (QED) is 0.795. The van der Waals surface area contributed by atoms with Crippen LogP contribution in [0.2, 0.25) is 0 Å². The van der Waals surface area contributed by atoms with Crippen LogP contribution in [0.15, 0.2) is 23.8 Å². The van der Waals surface area contributed by atoms with Crippen molar-refractivity contribution >= 4 is 11.8 Å². The summed E-state index contributed by atoms with van der Waals surface area (Å²) in [5.74, 6) is -1.16. The Morgan fingerprint density at radius 1 is 1.44 bits per heavy atom. The van der Waals surface area contributed by atoms with Gasteiger partial charge in [-0.15, -0.1) is 0 Å². The molecule has 0 aromatic heterocycles. The Kier molecular flexibility index (Phi) is 3.68. The molecule has 1 aliphatic rings. The molecular formula is C13H18O3. The first-order chi connectivity index (χ1) is 7.49. The lowest BCUT2D eigenvalue weighted by molar-refractivity contribution is -0.147. The van der Waals surface area contributed by atoms with Crippen molar-refractivity contribution in [3.8, 4) is 0 Å². The van der Waals surface area contributed by atoms with Gasteiger partial charge in [-0.3, -0.25) is 9.59 Å². The van der Waals surface area contributed by atoms with E-state index in [-0.39, 0.29) is 11.7 Å². The predicted molar refractivity (Wildman–Crippen MR) is 62.0 cm³/mol.